The minimum absolute atomic E-state index is 0.234. The van der Waals surface area contributed by atoms with Crippen molar-refractivity contribution in [2.45, 2.75) is 26.5 Å². The molecule has 0 fully saturated rings. The van der Waals surface area contributed by atoms with Gasteiger partial charge in [-0.05, 0) is 37.1 Å². The molecular formula is C22H24N2O4. The maximum Gasteiger partial charge on any atom is 0.337 e. The normalized spacial score (nSPS) is 16.6. The summed E-state index contributed by atoms with van der Waals surface area (Å²) in [7, 11) is 1.34. The summed E-state index contributed by atoms with van der Waals surface area (Å²) in [5.41, 5.74) is 2.91. The lowest BCUT2D eigenvalue weighted by Gasteiger charge is -2.34. The van der Waals surface area contributed by atoms with E-state index in [-0.39, 0.29) is 6.03 Å². The number of benzene rings is 2. The molecule has 146 valence electrons. The van der Waals surface area contributed by atoms with Gasteiger partial charge in [0.2, 0.25) is 0 Å². The largest absolute Gasteiger partial charge is 0.489 e. The Morgan fingerprint density at radius 1 is 1.11 bits per heavy atom. The van der Waals surface area contributed by atoms with Crippen molar-refractivity contribution in [3.05, 3.63) is 77.0 Å². The van der Waals surface area contributed by atoms with E-state index in [1.54, 1.807) is 6.92 Å². The predicted octanol–water partition coefficient (Wildman–Crippen LogP) is 3.80. The number of amides is 2. The Hall–Kier alpha value is -3.28. The van der Waals surface area contributed by atoms with Gasteiger partial charge < -0.3 is 14.8 Å². The lowest BCUT2D eigenvalue weighted by Crippen LogP contribution is -2.47. The van der Waals surface area contributed by atoms with Gasteiger partial charge in [0.15, 0.2) is 0 Å². The minimum Gasteiger partial charge on any atom is -0.489 e. The van der Waals surface area contributed by atoms with Crippen LogP contribution in [0.25, 0.3) is 0 Å². The van der Waals surface area contributed by atoms with E-state index in [1.807, 2.05) is 61.5 Å². The summed E-state index contributed by atoms with van der Waals surface area (Å²) in [6.45, 7) is 4.56. The summed E-state index contributed by atoms with van der Waals surface area (Å²) >= 11 is 0. The molecule has 28 heavy (non-hydrogen) atoms. The van der Waals surface area contributed by atoms with Gasteiger partial charge in [-0.2, -0.15) is 0 Å². The second-order valence-electron chi connectivity index (χ2n) is 6.46. The van der Waals surface area contributed by atoms with Crippen LogP contribution in [0.15, 0.2) is 65.9 Å². The van der Waals surface area contributed by atoms with Crippen LogP contribution in [-0.4, -0.2) is 30.6 Å². The molecule has 0 saturated carbocycles. The molecule has 2 aromatic rings. The van der Waals surface area contributed by atoms with Gasteiger partial charge in [-0.15, -0.1) is 0 Å². The number of nitrogens with zero attached hydrogens (tertiary/aromatic N) is 1. The first kappa shape index (κ1) is 19.5. The first-order chi connectivity index (χ1) is 13.5. The zero-order valence-electron chi connectivity index (χ0n) is 16.3. The Kier molecular flexibility index (Phi) is 5.99. The Labute approximate surface area is 164 Å². The molecule has 0 aromatic heterocycles. The van der Waals surface area contributed by atoms with Crippen molar-refractivity contribution in [2.75, 3.05) is 13.7 Å². The van der Waals surface area contributed by atoms with Crippen LogP contribution in [0.4, 0.5) is 4.79 Å². The van der Waals surface area contributed by atoms with Crippen molar-refractivity contribution in [1.29, 1.82) is 0 Å². The zero-order chi connectivity index (χ0) is 20.1. The molecule has 2 aromatic carbocycles. The van der Waals surface area contributed by atoms with Crippen LogP contribution < -0.4 is 10.1 Å². The summed E-state index contributed by atoms with van der Waals surface area (Å²) < 4.78 is 10.8. The summed E-state index contributed by atoms with van der Waals surface area (Å²) in [6, 6.07) is 16.5. The van der Waals surface area contributed by atoms with Crippen molar-refractivity contribution in [3.8, 4) is 5.75 Å². The first-order valence-corrected chi connectivity index (χ1v) is 9.19. The standard InChI is InChI=1S/C22H24N2O4/c1-4-24-15(2)19(21(25)27-3)20(23-22(24)26)17-10-12-18(13-11-17)28-14-16-8-6-5-7-9-16/h5-13,20H,4,14H2,1-3H3,(H,23,26). The van der Waals surface area contributed by atoms with Crippen molar-refractivity contribution < 1.29 is 19.1 Å². The number of hydrogen-bond donors (Lipinski definition) is 1. The van der Waals surface area contributed by atoms with Gasteiger partial charge in [0.1, 0.15) is 12.4 Å². The number of allylic oxidation sites excluding steroid dienone is 1. The van der Waals surface area contributed by atoms with Gasteiger partial charge in [-0.3, -0.25) is 4.90 Å². The highest BCUT2D eigenvalue weighted by molar-refractivity contribution is 5.95. The SMILES string of the molecule is CCN1C(=O)NC(c2ccc(OCc3ccccc3)cc2)C(C(=O)OC)=C1C. The Balaban J connectivity index is 1.82. The van der Waals surface area contributed by atoms with E-state index < -0.39 is 12.0 Å². The monoisotopic (exact) mass is 380 g/mol. The molecule has 0 spiro atoms. The van der Waals surface area contributed by atoms with E-state index in [0.29, 0.717) is 30.2 Å². The lowest BCUT2D eigenvalue weighted by molar-refractivity contribution is -0.136. The minimum atomic E-state index is -0.564. The number of ether oxygens (including phenoxy) is 2. The van der Waals surface area contributed by atoms with Crippen LogP contribution in [0, 0.1) is 0 Å². The quantitative estimate of drug-likeness (QED) is 0.774. The van der Waals surface area contributed by atoms with E-state index in [4.69, 9.17) is 9.47 Å². The maximum absolute atomic E-state index is 12.4. The van der Waals surface area contributed by atoms with Crippen molar-refractivity contribution in [3.63, 3.8) is 0 Å². The number of urea groups is 1. The van der Waals surface area contributed by atoms with E-state index >= 15 is 0 Å². The topological polar surface area (TPSA) is 67.9 Å². The van der Waals surface area contributed by atoms with Gasteiger partial charge in [-0.1, -0.05) is 42.5 Å². The molecule has 0 saturated heterocycles. The van der Waals surface area contributed by atoms with Crippen LogP contribution in [0.5, 0.6) is 5.75 Å². The fraction of sp³-hybridized carbons (Fsp3) is 0.273. The molecule has 0 aliphatic carbocycles. The second kappa shape index (κ2) is 8.61. The molecule has 1 aliphatic heterocycles. The van der Waals surface area contributed by atoms with Gasteiger partial charge >= 0.3 is 12.0 Å². The van der Waals surface area contributed by atoms with Crippen LogP contribution in [0.1, 0.15) is 31.0 Å². The maximum atomic E-state index is 12.4. The molecule has 0 bridgehead atoms. The van der Waals surface area contributed by atoms with Crippen LogP contribution in [0.2, 0.25) is 0 Å². The first-order valence-electron chi connectivity index (χ1n) is 9.19. The van der Waals surface area contributed by atoms with Crippen LogP contribution >= 0.6 is 0 Å². The molecule has 6 heteroatoms. The average Bonchev–Trinajstić information content (AvgIpc) is 2.73. The third-order valence-electron chi connectivity index (χ3n) is 4.78. The number of rotatable bonds is 6. The van der Waals surface area contributed by atoms with Crippen molar-refractivity contribution >= 4 is 12.0 Å². The molecule has 1 atom stereocenters. The Bertz CT molecular complexity index is 875. The van der Waals surface area contributed by atoms with Gasteiger partial charge in [-0.25, -0.2) is 9.59 Å². The predicted molar refractivity (Wildman–Crippen MR) is 106 cm³/mol. The fourth-order valence-corrected chi connectivity index (χ4v) is 3.28. The zero-order valence-corrected chi connectivity index (χ0v) is 16.3. The lowest BCUT2D eigenvalue weighted by atomic mass is 9.95. The molecule has 3 rings (SSSR count). The Morgan fingerprint density at radius 3 is 2.39 bits per heavy atom. The number of esters is 1. The molecule has 1 aliphatic rings. The highest BCUT2D eigenvalue weighted by atomic mass is 16.5. The second-order valence-corrected chi connectivity index (χ2v) is 6.46. The summed E-state index contributed by atoms with van der Waals surface area (Å²) in [6.07, 6.45) is 0. The molecule has 1 N–H and O–H groups in total. The summed E-state index contributed by atoms with van der Waals surface area (Å²) in [5, 5.41) is 2.89. The number of nitrogens with one attached hydrogen (secondary N) is 1. The van der Waals surface area contributed by atoms with E-state index in [1.165, 1.54) is 12.0 Å². The molecule has 1 heterocycles. The Morgan fingerprint density at radius 2 is 1.79 bits per heavy atom. The van der Waals surface area contributed by atoms with Crippen LogP contribution in [-0.2, 0) is 16.1 Å². The molecule has 0 radical (unpaired) electrons. The van der Waals surface area contributed by atoms with Gasteiger partial charge in [0.05, 0.1) is 18.7 Å². The number of carbonyl (C=O) groups is 2. The molecule has 6 nitrogen and oxygen atoms in total. The summed E-state index contributed by atoms with van der Waals surface area (Å²) in [5.74, 6) is 0.260. The number of methoxy groups -OCH3 is 1. The van der Waals surface area contributed by atoms with Crippen LogP contribution in [0.3, 0.4) is 0 Å². The third kappa shape index (κ3) is 4.01. The highest BCUT2D eigenvalue weighted by Crippen LogP contribution is 2.32. The van der Waals surface area contributed by atoms with E-state index in [2.05, 4.69) is 5.32 Å². The van der Waals surface area contributed by atoms with Crippen molar-refractivity contribution in [2.24, 2.45) is 0 Å². The summed E-state index contributed by atoms with van der Waals surface area (Å²) in [4.78, 5) is 26.3. The van der Waals surface area contributed by atoms with E-state index in [0.717, 1.165) is 11.1 Å². The number of carbonyl (C=O) groups excluding carboxylic acids is 2. The molecule has 2 amide bonds. The fourth-order valence-electron chi connectivity index (χ4n) is 3.28. The van der Waals surface area contributed by atoms with E-state index in [9.17, 15) is 9.59 Å². The number of hydrogen-bond acceptors (Lipinski definition) is 4. The highest BCUT2D eigenvalue weighted by Gasteiger charge is 2.35. The van der Waals surface area contributed by atoms with Crippen molar-refractivity contribution in [1.82, 2.24) is 10.2 Å². The third-order valence-corrected chi connectivity index (χ3v) is 4.78. The molecule has 1 unspecified atom stereocenters. The average molecular weight is 380 g/mol. The van der Waals surface area contributed by atoms with Gasteiger partial charge in [0.25, 0.3) is 0 Å². The molecular weight excluding hydrogens is 356 g/mol. The van der Waals surface area contributed by atoms with Gasteiger partial charge in [0, 0.05) is 12.2 Å². The smallest absolute Gasteiger partial charge is 0.337 e.